The highest BCUT2D eigenvalue weighted by Crippen LogP contribution is 2.35. The monoisotopic (exact) mass is 505 g/mol. The third-order valence-corrected chi connectivity index (χ3v) is 6.80. The Hall–Kier alpha value is -3.59. The molecule has 9 heteroatoms. The molecule has 2 aliphatic rings. The molecule has 2 aliphatic heterocycles. The third-order valence-electron chi connectivity index (χ3n) is 6.80. The van der Waals surface area contributed by atoms with Gasteiger partial charge in [0.1, 0.15) is 29.2 Å². The van der Waals surface area contributed by atoms with E-state index in [9.17, 15) is 4.79 Å². The van der Waals surface area contributed by atoms with Crippen LogP contribution in [0.3, 0.4) is 0 Å². The number of ether oxygens (including phenoxy) is 3. The van der Waals surface area contributed by atoms with Gasteiger partial charge in [-0.1, -0.05) is 25.0 Å². The van der Waals surface area contributed by atoms with Crippen molar-refractivity contribution in [1.82, 2.24) is 15.3 Å². The highest BCUT2D eigenvalue weighted by molar-refractivity contribution is 5.96. The van der Waals surface area contributed by atoms with E-state index in [0.717, 1.165) is 61.2 Å². The topological polar surface area (TPSA) is 97.8 Å². The number of hydrogen-bond acceptors (Lipinski definition) is 8. The molecule has 196 valence electrons. The summed E-state index contributed by atoms with van der Waals surface area (Å²) >= 11 is 0. The zero-order valence-corrected chi connectivity index (χ0v) is 21.4. The van der Waals surface area contributed by atoms with Crippen LogP contribution >= 0.6 is 0 Å². The molecule has 1 aromatic heterocycles. The summed E-state index contributed by atoms with van der Waals surface area (Å²) < 4.78 is 17.6. The SMILES string of the molecule is C[C@H]1Nc2ncnc3c(cc(N4CCOCC4)cc23)OCC(=O)NCCCCCCOc2cccc1c2. The van der Waals surface area contributed by atoms with Crippen LogP contribution in [0.5, 0.6) is 11.5 Å². The highest BCUT2D eigenvalue weighted by Gasteiger charge is 2.19. The summed E-state index contributed by atoms with van der Waals surface area (Å²) in [7, 11) is 0. The zero-order chi connectivity index (χ0) is 25.5. The molecule has 3 heterocycles. The number of anilines is 2. The quantitative estimate of drug-likeness (QED) is 0.511. The van der Waals surface area contributed by atoms with Gasteiger partial charge in [-0.3, -0.25) is 4.79 Å². The van der Waals surface area contributed by atoms with Gasteiger partial charge in [0.25, 0.3) is 5.91 Å². The second-order valence-electron chi connectivity index (χ2n) is 9.50. The number of carbonyl (C=O) groups is 1. The van der Waals surface area contributed by atoms with Crippen LogP contribution in [-0.2, 0) is 9.53 Å². The van der Waals surface area contributed by atoms with Crippen LogP contribution in [0.15, 0.2) is 42.7 Å². The maximum atomic E-state index is 12.5. The first-order valence-corrected chi connectivity index (χ1v) is 13.2. The number of hydrogen-bond donors (Lipinski definition) is 2. The van der Waals surface area contributed by atoms with E-state index in [-0.39, 0.29) is 18.6 Å². The van der Waals surface area contributed by atoms with Gasteiger partial charge in [-0.2, -0.15) is 0 Å². The number of fused-ring (bicyclic) bond motifs is 2. The molecule has 2 aromatic carbocycles. The second-order valence-corrected chi connectivity index (χ2v) is 9.50. The number of nitrogens with one attached hydrogen (secondary N) is 2. The Balaban J connectivity index is 1.51. The van der Waals surface area contributed by atoms with Crippen molar-refractivity contribution in [3.8, 4) is 11.5 Å². The summed E-state index contributed by atoms with van der Waals surface area (Å²) in [6, 6.07) is 12.2. The van der Waals surface area contributed by atoms with E-state index in [1.807, 2.05) is 18.2 Å². The minimum absolute atomic E-state index is 0.0190. The van der Waals surface area contributed by atoms with E-state index in [4.69, 9.17) is 14.2 Å². The Bertz CT molecular complexity index is 1210. The predicted octanol–water partition coefficient (Wildman–Crippen LogP) is 4.09. The van der Waals surface area contributed by atoms with Crippen molar-refractivity contribution in [3.63, 3.8) is 0 Å². The van der Waals surface area contributed by atoms with Crippen molar-refractivity contribution >= 4 is 28.3 Å². The van der Waals surface area contributed by atoms with Crippen LogP contribution in [0.1, 0.15) is 44.2 Å². The van der Waals surface area contributed by atoms with Crippen molar-refractivity contribution < 1.29 is 19.0 Å². The van der Waals surface area contributed by atoms with Gasteiger partial charge in [0.05, 0.1) is 25.9 Å². The lowest BCUT2D eigenvalue weighted by atomic mass is 10.1. The van der Waals surface area contributed by atoms with Crippen molar-refractivity contribution in [2.45, 2.75) is 38.6 Å². The van der Waals surface area contributed by atoms with Crippen molar-refractivity contribution in [2.24, 2.45) is 0 Å². The van der Waals surface area contributed by atoms with Crippen molar-refractivity contribution in [3.05, 3.63) is 48.3 Å². The van der Waals surface area contributed by atoms with Gasteiger partial charge in [0.15, 0.2) is 6.61 Å². The lowest BCUT2D eigenvalue weighted by Gasteiger charge is -2.29. The summed E-state index contributed by atoms with van der Waals surface area (Å²) in [5.41, 5.74) is 2.77. The van der Waals surface area contributed by atoms with Gasteiger partial charge in [-0.05, 0) is 43.5 Å². The number of carbonyl (C=O) groups excluding carboxylic acids is 1. The van der Waals surface area contributed by atoms with Gasteiger partial charge in [-0.15, -0.1) is 0 Å². The molecule has 0 spiro atoms. The number of aromatic nitrogens is 2. The van der Waals surface area contributed by atoms with Gasteiger partial charge >= 0.3 is 0 Å². The number of benzene rings is 2. The van der Waals surface area contributed by atoms with Crippen molar-refractivity contribution in [2.75, 3.05) is 56.3 Å². The van der Waals surface area contributed by atoms with Gasteiger partial charge in [0.2, 0.25) is 0 Å². The average Bonchev–Trinajstić information content (AvgIpc) is 2.93. The highest BCUT2D eigenvalue weighted by atomic mass is 16.5. The number of morpholine rings is 1. The molecule has 0 unspecified atom stereocenters. The zero-order valence-electron chi connectivity index (χ0n) is 21.4. The summed E-state index contributed by atoms with van der Waals surface area (Å²) in [5.74, 6) is 2.01. The maximum absolute atomic E-state index is 12.5. The summed E-state index contributed by atoms with van der Waals surface area (Å²) in [5, 5.41) is 7.37. The number of rotatable bonds is 1. The molecule has 1 amide bonds. The normalized spacial score (nSPS) is 19.9. The van der Waals surface area contributed by atoms with Crippen LogP contribution in [0.4, 0.5) is 11.5 Å². The Kier molecular flexibility index (Phi) is 8.20. The van der Waals surface area contributed by atoms with E-state index in [1.165, 1.54) is 6.33 Å². The Morgan fingerprint density at radius 3 is 2.73 bits per heavy atom. The van der Waals surface area contributed by atoms with Crippen LogP contribution in [-0.4, -0.2) is 61.9 Å². The first-order valence-electron chi connectivity index (χ1n) is 13.2. The molecular formula is C28H35N5O4. The standard InChI is InChI=1S/C28H35N5O4/c1-20-21-7-6-8-23(15-21)36-12-5-3-2-4-9-29-26(34)18-37-25-17-22(33-10-13-35-14-11-33)16-24-27(25)30-19-31-28(24)32-20/h6-8,15-17,19-20H,2-5,9-14,18H2,1H3,(H,29,34)(H,30,31,32)/t20-/m1/s1. The van der Waals surface area contributed by atoms with E-state index in [0.29, 0.717) is 43.4 Å². The van der Waals surface area contributed by atoms with Crippen LogP contribution in [0.25, 0.3) is 10.9 Å². The average molecular weight is 506 g/mol. The second kappa shape index (κ2) is 12.1. The molecule has 6 bridgehead atoms. The molecule has 5 rings (SSSR count). The van der Waals surface area contributed by atoms with Crippen LogP contribution < -0.4 is 25.0 Å². The smallest absolute Gasteiger partial charge is 0.257 e. The van der Waals surface area contributed by atoms with Gasteiger partial charge in [0, 0.05) is 36.8 Å². The Labute approximate surface area is 217 Å². The Morgan fingerprint density at radius 1 is 0.973 bits per heavy atom. The van der Waals surface area contributed by atoms with E-state index in [1.54, 1.807) is 0 Å². The molecular weight excluding hydrogens is 470 g/mol. The molecule has 9 nitrogen and oxygen atoms in total. The molecule has 3 aromatic rings. The third kappa shape index (κ3) is 6.40. The molecule has 0 saturated carbocycles. The Morgan fingerprint density at radius 2 is 1.84 bits per heavy atom. The van der Waals surface area contributed by atoms with E-state index < -0.39 is 0 Å². The lowest BCUT2D eigenvalue weighted by Crippen LogP contribution is -2.36. The molecule has 0 radical (unpaired) electrons. The fourth-order valence-electron chi connectivity index (χ4n) is 4.70. The molecule has 37 heavy (non-hydrogen) atoms. The number of amides is 1. The number of nitrogens with zero attached hydrogens (tertiary/aromatic N) is 3. The predicted molar refractivity (Wildman–Crippen MR) is 144 cm³/mol. The van der Waals surface area contributed by atoms with Crippen LogP contribution in [0.2, 0.25) is 0 Å². The molecule has 0 aliphatic carbocycles. The van der Waals surface area contributed by atoms with Crippen molar-refractivity contribution in [1.29, 1.82) is 0 Å². The maximum Gasteiger partial charge on any atom is 0.257 e. The van der Waals surface area contributed by atoms with E-state index >= 15 is 0 Å². The van der Waals surface area contributed by atoms with Gasteiger partial charge < -0.3 is 29.7 Å². The molecule has 1 atom stereocenters. The fraction of sp³-hybridized carbons (Fsp3) is 0.464. The minimum atomic E-state index is -0.137. The first-order chi connectivity index (χ1) is 18.2. The summed E-state index contributed by atoms with van der Waals surface area (Å²) in [6.07, 6.45) is 5.54. The van der Waals surface area contributed by atoms with E-state index in [2.05, 4.69) is 50.6 Å². The van der Waals surface area contributed by atoms with Gasteiger partial charge in [-0.25, -0.2) is 9.97 Å². The summed E-state index contributed by atoms with van der Waals surface area (Å²) in [6.45, 7) is 6.25. The van der Waals surface area contributed by atoms with Crippen LogP contribution in [0, 0.1) is 0 Å². The lowest BCUT2D eigenvalue weighted by molar-refractivity contribution is -0.123. The summed E-state index contributed by atoms with van der Waals surface area (Å²) in [4.78, 5) is 23.9. The molecule has 1 saturated heterocycles. The molecule has 2 N–H and O–H groups in total. The molecule has 1 fully saturated rings. The minimum Gasteiger partial charge on any atom is -0.494 e. The largest absolute Gasteiger partial charge is 0.494 e. The first kappa shape index (κ1) is 25.1. The fourth-order valence-corrected chi connectivity index (χ4v) is 4.70.